The molecule has 0 saturated carbocycles. The van der Waals surface area contributed by atoms with Crippen molar-refractivity contribution < 1.29 is 14.3 Å². The summed E-state index contributed by atoms with van der Waals surface area (Å²) >= 11 is 0. The Kier molecular flexibility index (Phi) is 25.4. The summed E-state index contributed by atoms with van der Waals surface area (Å²) in [6.45, 7) is 20.2. The maximum Gasteiger partial charge on any atom is 0.150 e. The van der Waals surface area contributed by atoms with Crippen LogP contribution in [0.1, 0.15) is 194 Å². The molecule has 3 heteroatoms. The minimum absolute atomic E-state index is 0.555. The number of hydrogen-bond acceptors (Lipinski definition) is 3. The number of ether oxygens (including phenoxy) is 2. The number of benzene rings is 1. The Labute approximate surface area is 287 Å². The number of rotatable bonds is 31. The fraction of sp³-hybridized carbons (Fsp3) is 0.837. The van der Waals surface area contributed by atoms with Gasteiger partial charge < -0.3 is 9.47 Å². The van der Waals surface area contributed by atoms with Crippen LogP contribution in [0.15, 0.2) is 18.2 Å². The van der Waals surface area contributed by atoms with E-state index in [2.05, 4.69) is 55.4 Å². The fourth-order valence-electron chi connectivity index (χ4n) is 7.32. The largest absolute Gasteiger partial charge is 0.493 e. The smallest absolute Gasteiger partial charge is 0.150 e. The van der Waals surface area contributed by atoms with Gasteiger partial charge in [-0.1, -0.05) is 158 Å². The third-order valence-corrected chi connectivity index (χ3v) is 10.4. The summed E-state index contributed by atoms with van der Waals surface area (Å²) in [5.41, 5.74) is 0.642. The van der Waals surface area contributed by atoms with E-state index in [0.29, 0.717) is 17.4 Å². The predicted octanol–water partition coefficient (Wildman–Crippen LogP) is 13.9. The molecule has 46 heavy (non-hydrogen) atoms. The van der Waals surface area contributed by atoms with Gasteiger partial charge in [-0.3, -0.25) is 4.79 Å². The van der Waals surface area contributed by atoms with Crippen LogP contribution in [0.2, 0.25) is 0 Å². The molecule has 0 N–H and O–H groups in total. The lowest BCUT2D eigenvalue weighted by molar-refractivity contribution is 0.112. The molecule has 0 amide bonds. The summed E-state index contributed by atoms with van der Waals surface area (Å²) < 4.78 is 12.9. The Balaban J connectivity index is 2.84. The second-order valence-electron chi connectivity index (χ2n) is 15.5. The van der Waals surface area contributed by atoms with Crippen LogP contribution in [0.4, 0.5) is 0 Å². The molecule has 0 aromatic heterocycles. The molecule has 0 bridgehead atoms. The quantitative estimate of drug-likeness (QED) is 0.0597. The van der Waals surface area contributed by atoms with Gasteiger partial charge in [-0.05, 0) is 73.3 Å². The molecule has 0 fully saturated rings. The van der Waals surface area contributed by atoms with Gasteiger partial charge in [0.15, 0.2) is 0 Å². The zero-order valence-electron chi connectivity index (χ0n) is 32.1. The maximum absolute atomic E-state index is 11.9. The van der Waals surface area contributed by atoms with E-state index in [1.54, 1.807) is 0 Å². The molecule has 0 aliphatic rings. The summed E-state index contributed by atoms with van der Waals surface area (Å²) in [6.07, 6.45) is 26.6. The van der Waals surface area contributed by atoms with Crippen molar-refractivity contribution >= 4 is 6.29 Å². The zero-order valence-corrected chi connectivity index (χ0v) is 32.1. The molecule has 1 rings (SSSR count). The zero-order chi connectivity index (χ0) is 34.0. The van der Waals surface area contributed by atoms with Gasteiger partial charge in [-0.25, -0.2) is 0 Å². The van der Waals surface area contributed by atoms with Crippen LogP contribution in [-0.4, -0.2) is 19.5 Å². The number of carbonyl (C=O) groups excluding carboxylic acids is 1. The molecule has 6 unspecified atom stereocenters. The van der Waals surface area contributed by atoms with Crippen LogP contribution in [0.3, 0.4) is 0 Å². The van der Waals surface area contributed by atoms with Crippen molar-refractivity contribution in [2.45, 2.75) is 184 Å². The lowest BCUT2D eigenvalue weighted by atomic mass is 9.90. The number of unbranched alkanes of at least 4 members (excludes halogenated alkanes) is 2. The summed E-state index contributed by atoms with van der Waals surface area (Å²) in [5, 5.41) is 0. The number of aldehydes is 1. The van der Waals surface area contributed by atoms with Crippen LogP contribution in [0, 0.1) is 35.5 Å². The third-order valence-electron chi connectivity index (χ3n) is 10.4. The van der Waals surface area contributed by atoms with Crippen molar-refractivity contribution in [1.82, 2.24) is 0 Å². The van der Waals surface area contributed by atoms with Crippen LogP contribution in [0.5, 0.6) is 11.5 Å². The summed E-state index contributed by atoms with van der Waals surface area (Å²) in [5.74, 6) is 5.88. The predicted molar refractivity (Wildman–Crippen MR) is 201 cm³/mol. The highest BCUT2D eigenvalue weighted by Crippen LogP contribution is 2.29. The molecule has 0 saturated heterocycles. The lowest BCUT2D eigenvalue weighted by Crippen LogP contribution is -2.15. The number of carbonyl (C=O) groups is 1. The minimum Gasteiger partial charge on any atom is -0.493 e. The normalized spacial score (nSPS) is 15.6. The second-order valence-corrected chi connectivity index (χ2v) is 15.5. The van der Waals surface area contributed by atoms with Gasteiger partial charge in [0, 0.05) is 11.6 Å². The van der Waals surface area contributed by atoms with Crippen molar-refractivity contribution in [3.8, 4) is 11.5 Å². The van der Waals surface area contributed by atoms with Crippen molar-refractivity contribution in [1.29, 1.82) is 0 Å². The summed E-state index contributed by atoms with van der Waals surface area (Å²) in [6, 6.07) is 5.81. The average Bonchev–Trinajstić information content (AvgIpc) is 3.03. The monoisotopic (exact) mass is 643 g/mol. The van der Waals surface area contributed by atoms with Crippen LogP contribution < -0.4 is 9.47 Å². The van der Waals surface area contributed by atoms with E-state index in [-0.39, 0.29) is 0 Å². The SMILES string of the molecule is CCCC(C)CCCCC(CCC(C)CCC)COc1cc(C=O)cc(OCC(CCCCC(C)CCC)CCC(C)CCC)c1. The third kappa shape index (κ3) is 21.4. The van der Waals surface area contributed by atoms with Crippen LogP contribution in [0.25, 0.3) is 0 Å². The van der Waals surface area contributed by atoms with Crippen LogP contribution in [-0.2, 0) is 0 Å². The first-order chi connectivity index (χ1) is 22.2. The Morgan fingerprint density at radius 2 is 0.826 bits per heavy atom. The van der Waals surface area contributed by atoms with E-state index in [4.69, 9.17) is 9.47 Å². The van der Waals surface area contributed by atoms with E-state index in [1.807, 2.05) is 18.2 Å². The first-order valence-corrected chi connectivity index (χ1v) is 20.1. The standard InChI is InChI=1S/C43H78O3/c1-9-17-35(5)21-13-15-23-39(27-25-37(7)19-11-3)33-45-42-29-41(32-44)30-43(31-42)46-34-40(28-26-38(8)20-12-4)24-16-14-22-36(6)18-10-2/h29-32,35-40H,9-28,33-34H2,1-8H3. The average molecular weight is 643 g/mol. The Morgan fingerprint density at radius 1 is 0.478 bits per heavy atom. The van der Waals surface area contributed by atoms with Gasteiger partial charge in [0.25, 0.3) is 0 Å². The molecule has 1 aromatic carbocycles. The highest BCUT2D eigenvalue weighted by atomic mass is 16.5. The molecular weight excluding hydrogens is 564 g/mol. The van der Waals surface area contributed by atoms with Crippen molar-refractivity contribution in [2.24, 2.45) is 35.5 Å². The number of hydrogen-bond donors (Lipinski definition) is 0. The first kappa shape index (κ1) is 42.5. The van der Waals surface area contributed by atoms with Gasteiger partial charge >= 0.3 is 0 Å². The van der Waals surface area contributed by atoms with Gasteiger partial charge in [0.1, 0.15) is 17.8 Å². The van der Waals surface area contributed by atoms with Crippen molar-refractivity contribution in [3.63, 3.8) is 0 Å². The van der Waals surface area contributed by atoms with Gasteiger partial charge in [-0.2, -0.15) is 0 Å². The van der Waals surface area contributed by atoms with E-state index in [9.17, 15) is 4.79 Å². The van der Waals surface area contributed by atoms with E-state index < -0.39 is 0 Å². The summed E-state index contributed by atoms with van der Waals surface area (Å²) in [4.78, 5) is 11.9. The van der Waals surface area contributed by atoms with Gasteiger partial charge in [0.2, 0.25) is 0 Å². The second kappa shape index (κ2) is 27.4. The summed E-state index contributed by atoms with van der Waals surface area (Å²) in [7, 11) is 0. The van der Waals surface area contributed by atoms with Crippen molar-refractivity contribution in [3.05, 3.63) is 23.8 Å². The molecule has 0 aliphatic carbocycles. The molecule has 268 valence electrons. The fourth-order valence-corrected chi connectivity index (χ4v) is 7.32. The maximum atomic E-state index is 11.9. The molecule has 3 nitrogen and oxygen atoms in total. The van der Waals surface area contributed by atoms with Crippen molar-refractivity contribution in [2.75, 3.05) is 13.2 Å². The lowest BCUT2D eigenvalue weighted by Gasteiger charge is -2.22. The van der Waals surface area contributed by atoms with E-state index in [1.165, 1.54) is 128 Å². The first-order valence-electron chi connectivity index (χ1n) is 20.1. The van der Waals surface area contributed by atoms with Gasteiger partial charge in [-0.15, -0.1) is 0 Å². The highest BCUT2D eigenvalue weighted by Gasteiger charge is 2.16. The Morgan fingerprint density at radius 3 is 1.17 bits per heavy atom. The molecule has 0 heterocycles. The molecule has 1 aromatic rings. The Hall–Kier alpha value is -1.51. The Bertz CT molecular complexity index is 788. The molecule has 0 aliphatic heterocycles. The van der Waals surface area contributed by atoms with E-state index >= 15 is 0 Å². The van der Waals surface area contributed by atoms with Crippen LogP contribution >= 0.6 is 0 Å². The highest BCUT2D eigenvalue weighted by molar-refractivity contribution is 5.76. The molecule has 0 spiro atoms. The topological polar surface area (TPSA) is 35.5 Å². The minimum atomic E-state index is 0.555. The molecular formula is C43H78O3. The molecule has 6 atom stereocenters. The molecule has 0 radical (unpaired) electrons. The van der Waals surface area contributed by atoms with E-state index in [0.717, 1.165) is 54.7 Å². The van der Waals surface area contributed by atoms with Gasteiger partial charge in [0.05, 0.1) is 13.2 Å².